The van der Waals surface area contributed by atoms with Gasteiger partial charge in [0.1, 0.15) is 16.4 Å². The average Bonchev–Trinajstić information content (AvgIpc) is 3.05. The molecule has 140 valence electrons. The van der Waals surface area contributed by atoms with Crippen LogP contribution >= 0.6 is 0 Å². The Bertz CT molecular complexity index is 884. The van der Waals surface area contributed by atoms with E-state index in [1.54, 1.807) is 0 Å². The highest BCUT2D eigenvalue weighted by molar-refractivity contribution is 7.91. The van der Waals surface area contributed by atoms with Crippen molar-refractivity contribution in [2.45, 2.75) is 25.4 Å². The first kappa shape index (κ1) is 17.5. The van der Waals surface area contributed by atoms with E-state index in [-0.39, 0.29) is 5.91 Å². The van der Waals surface area contributed by atoms with Crippen molar-refractivity contribution in [3.63, 3.8) is 0 Å². The Kier molecular flexibility index (Phi) is 4.75. The van der Waals surface area contributed by atoms with Crippen molar-refractivity contribution in [3.8, 4) is 0 Å². The van der Waals surface area contributed by atoms with Crippen molar-refractivity contribution in [3.05, 3.63) is 36.5 Å². The van der Waals surface area contributed by atoms with Gasteiger partial charge in [-0.15, -0.1) is 0 Å². The predicted octanol–water partition coefficient (Wildman–Crippen LogP) is 1.36. The van der Waals surface area contributed by atoms with Crippen molar-refractivity contribution in [2.24, 2.45) is 0 Å². The van der Waals surface area contributed by atoms with Crippen LogP contribution in [0.2, 0.25) is 0 Å². The summed E-state index contributed by atoms with van der Waals surface area (Å²) in [5.74, 6) is 0.756. The number of nitrogens with zero attached hydrogens (tertiary/aromatic N) is 3. The smallest absolute Gasteiger partial charge is 0.242 e. The number of hydrogen-bond acceptors (Lipinski definition) is 4. The van der Waals surface area contributed by atoms with Gasteiger partial charge in [0.25, 0.3) is 0 Å². The van der Waals surface area contributed by atoms with Crippen LogP contribution in [-0.4, -0.2) is 72.4 Å². The lowest BCUT2D eigenvalue weighted by atomic mass is 10.1. The largest absolute Gasteiger partial charge is 0.339 e. The second kappa shape index (κ2) is 7.04. The van der Waals surface area contributed by atoms with Gasteiger partial charge >= 0.3 is 0 Å². The normalized spacial score (nSPS) is 21.9. The topological polar surface area (TPSA) is 62.6 Å². The Balaban J connectivity index is 1.32. The monoisotopic (exact) mass is 375 g/mol. The molecule has 0 radical (unpaired) electrons. The number of carbonyl (C=O) groups excluding carboxylic acids is 1. The van der Waals surface area contributed by atoms with E-state index in [4.69, 9.17) is 0 Å². The van der Waals surface area contributed by atoms with E-state index in [2.05, 4.69) is 11.0 Å². The van der Waals surface area contributed by atoms with Crippen molar-refractivity contribution < 1.29 is 13.2 Å². The highest BCUT2D eigenvalue weighted by Crippen LogP contribution is 2.20. The Morgan fingerprint density at radius 3 is 2.42 bits per heavy atom. The lowest BCUT2D eigenvalue weighted by Crippen LogP contribution is -2.53. The van der Waals surface area contributed by atoms with Gasteiger partial charge in [-0.2, -0.15) is 0 Å². The van der Waals surface area contributed by atoms with Crippen LogP contribution in [0, 0.1) is 0 Å². The van der Waals surface area contributed by atoms with E-state index in [0.717, 1.165) is 49.9 Å². The molecule has 1 aromatic heterocycles. The molecular weight excluding hydrogens is 350 g/mol. The van der Waals surface area contributed by atoms with E-state index in [0.29, 0.717) is 24.1 Å². The third-order valence-corrected chi connectivity index (χ3v) is 7.41. The second-order valence-electron chi connectivity index (χ2n) is 7.30. The van der Waals surface area contributed by atoms with Gasteiger partial charge in [0.2, 0.25) is 5.91 Å². The first-order valence-corrected chi connectivity index (χ1v) is 11.1. The van der Waals surface area contributed by atoms with Crippen LogP contribution in [0.25, 0.3) is 10.9 Å². The molecule has 7 heteroatoms. The molecule has 0 atom stereocenters. The van der Waals surface area contributed by atoms with Crippen molar-refractivity contribution >= 4 is 26.6 Å². The number of rotatable bonds is 3. The molecule has 1 aromatic carbocycles. The standard InChI is InChI=1S/C19H25N3O3S/c23-19(15-22-8-5-16-3-1-2-4-18(16)22)21-11-9-20(10-12-21)17-6-13-26(24,25)14-7-17/h1-5,8,17H,6-7,9-15H2. The third-order valence-electron chi connectivity index (χ3n) is 5.69. The zero-order valence-electron chi connectivity index (χ0n) is 14.9. The number of para-hydroxylation sites is 1. The number of hydrogen-bond donors (Lipinski definition) is 0. The maximum Gasteiger partial charge on any atom is 0.242 e. The Hall–Kier alpha value is -1.86. The fourth-order valence-corrected chi connectivity index (χ4v) is 5.57. The SMILES string of the molecule is O=C(Cn1ccc2ccccc21)N1CCN(C2CCS(=O)(=O)CC2)CC1. The number of aromatic nitrogens is 1. The van der Waals surface area contributed by atoms with E-state index in [1.807, 2.05) is 39.9 Å². The van der Waals surface area contributed by atoms with Gasteiger partial charge in [0.05, 0.1) is 11.5 Å². The Morgan fingerprint density at radius 1 is 1.00 bits per heavy atom. The number of carbonyl (C=O) groups is 1. The third kappa shape index (κ3) is 3.64. The minimum atomic E-state index is -2.82. The van der Waals surface area contributed by atoms with E-state index >= 15 is 0 Å². The van der Waals surface area contributed by atoms with Crippen LogP contribution < -0.4 is 0 Å². The van der Waals surface area contributed by atoms with Gasteiger partial charge in [-0.05, 0) is 30.4 Å². The van der Waals surface area contributed by atoms with Gasteiger partial charge < -0.3 is 9.47 Å². The molecule has 0 spiro atoms. The van der Waals surface area contributed by atoms with Gasteiger partial charge in [-0.25, -0.2) is 8.42 Å². The summed E-state index contributed by atoms with van der Waals surface area (Å²) in [6.07, 6.45) is 3.43. The number of sulfone groups is 1. The summed E-state index contributed by atoms with van der Waals surface area (Å²) in [5.41, 5.74) is 1.09. The van der Waals surface area contributed by atoms with Crippen molar-refractivity contribution in [1.29, 1.82) is 0 Å². The lowest BCUT2D eigenvalue weighted by molar-refractivity contribution is -0.133. The Morgan fingerprint density at radius 2 is 1.69 bits per heavy atom. The number of benzene rings is 1. The molecule has 0 aliphatic carbocycles. The maximum absolute atomic E-state index is 12.7. The zero-order valence-corrected chi connectivity index (χ0v) is 15.7. The average molecular weight is 375 g/mol. The van der Waals surface area contributed by atoms with Gasteiger partial charge in [0, 0.05) is 43.9 Å². The second-order valence-corrected chi connectivity index (χ2v) is 9.61. The van der Waals surface area contributed by atoms with Gasteiger partial charge in [-0.1, -0.05) is 18.2 Å². The van der Waals surface area contributed by atoms with Gasteiger partial charge in [-0.3, -0.25) is 9.69 Å². The molecule has 6 nitrogen and oxygen atoms in total. The maximum atomic E-state index is 12.7. The summed E-state index contributed by atoms with van der Waals surface area (Å²) < 4.78 is 25.2. The van der Waals surface area contributed by atoms with Crippen LogP contribution in [0.5, 0.6) is 0 Å². The molecule has 2 fully saturated rings. The molecule has 4 rings (SSSR count). The summed E-state index contributed by atoms with van der Waals surface area (Å²) in [4.78, 5) is 17.0. The molecule has 2 aliphatic heterocycles. The predicted molar refractivity (Wildman–Crippen MR) is 102 cm³/mol. The number of amides is 1. The molecule has 2 aromatic rings. The highest BCUT2D eigenvalue weighted by atomic mass is 32.2. The first-order valence-electron chi connectivity index (χ1n) is 9.28. The summed E-state index contributed by atoms with van der Waals surface area (Å²) >= 11 is 0. The van der Waals surface area contributed by atoms with Crippen molar-refractivity contribution in [2.75, 3.05) is 37.7 Å². The minimum Gasteiger partial charge on any atom is -0.339 e. The molecule has 0 bridgehead atoms. The number of fused-ring (bicyclic) bond motifs is 1. The van der Waals surface area contributed by atoms with Crippen molar-refractivity contribution in [1.82, 2.24) is 14.4 Å². The van der Waals surface area contributed by atoms with E-state index in [1.165, 1.54) is 0 Å². The Labute approximate surface area is 154 Å². The van der Waals surface area contributed by atoms with Crippen LogP contribution in [0.1, 0.15) is 12.8 Å². The summed E-state index contributed by atoms with van der Waals surface area (Å²) in [5, 5.41) is 1.15. The zero-order chi connectivity index (χ0) is 18.1. The summed E-state index contributed by atoms with van der Waals surface area (Å²) in [6, 6.07) is 10.5. The molecule has 26 heavy (non-hydrogen) atoms. The van der Waals surface area contributed by atoms with Gasteiger partial charge in [0.15, 0.2) is 0 Å². The van der Waals surface area contributed by atoms with Crippen LogP contribution in [0.15, 0.2) is 36.5 Å². The molecule has 0 unspecified atom stereocenters. The lowest BCUT2D eigenvalue weighted by Gasteiger charge is -2.40. The van der Waals surface area contributed by atoms with E-state index < -0.39 is 9.84 Å². The summed E-state index contributed by atoms with van der Waals surface area (Å²) in [6.45, 7) is 3.49. The molecular formula is C19H25N3O3S. The molecule has 2 saturated heterocycles. The molecule has 0 saturated carbocycles. The highest BCUT2D eigenvalue weighted by Gasteiger charge is 2.30. The molecule has 3 heterocycles. The van der Waals surface area contributed by atoms with Crippen LogP contribution in [0.4, 0.5) is 0 Å². The first-order chi connectivity index (χ1) is 12.5. The van der Waals surface area contributed by atoms with Crippen LogP contribution in [0.3, 0.4) is 0 Å². The van der Waals surface area contributed by atoms with E-state index in [9.17, 15) is 13.2 Å². The molecule has 1 amide bonds. The molecule has 2 aliphatic rings. The number of piperazine rings is 1. The molecule has 0 N–H and O–H groups in total. The quantitative estimate of drug-likeness (QED) is 0.813. The fraction of sp³-hybridized carbons (Fsp3) is 0.526. The van der Waals surface area contributed by atoms with Crippen LogP contribution in [-0.2, 0) is 21.2 Å². The minimum absolute atomic E-state index is 0.150. The summed E-state index contributed by atoms with van der Waals surface area (Å²) in [7, 11) is -2.82. The fourth-order valence-electron chi connectivity index (χ4n) is 4.10.